The summed E-state index contributed by atoms with van der Waals surface area (Å²) >= 11 is 2.07. The van der Waals surface area contributed by atoms with Crippen LogP contribution in [-0.4, -0.2) is 31.3 Å². The predicted octanol–water partition coefficient (Wildman–Crippen LogP) is 3.45. The van der Waals surface area contributed by atoms with Gasteiger partial charge in [-0.25, -0.2) is 0 Å². The molecule has 0 aromatic heterocycles. The van der Waals surface area contributed by atoms with Gasteiger partial charge in [0.15, 0.2) is 0 Å². The van der Waals surface area contributed by atoms with Crippen molar-refractivity contribution < 1.29 is 9.47 Å². The number of halogens is 1. The number of ether oxygens (including phenoxy) is 2. The summed E-state index contributed by atoms with van der Waals surface area (Å²) in [7, 11) is 3.46. The Morgan fingerprint density at radius 1 is 1.24 bits per heavy atom. The van der Waals surface area contributed by atoms with Crippen molar-refractivity contribution >= 4 is 24.2 Å². The number of benzene rings is 1. The van der Waals surface area contributed by atoms with Gasteiger partial charge in [0.25, 0.3) is 0 Å². The lowest BCUT2D eigenvalue weighted by Gasteiger charge is -2.17. The molecule has 0 amide bonds. The first-order valence-electron chi connectivity index (χ1n) is 7.25. The van der Waals surface area contributed by atoms with Crippen molar-refractivity contribution in [3.8, 4) is 11.5 Å². The van der Waals surface area contributed by atoms with Gasteiger partial charge in [-0.05, 0) is 61.6 Å². The Labute approximate surface area is 138 Å². The van der Waals surface area contributed by atoms with Crippen LogP contribution >= 0.6 is 24.2 Å². The summed E-state index contributed by atoms with van der Waals surface area (Å²) in [5.41, 5.74) is 8.28. The van der Waals surface area contributed by atoms with E-state index < -0.39 is 0 Å². The first-order chi connectivity index (χ1) is 9.63. The molecule has 3 nitrogen and oxygen atoms in total. The Morgan fingerprint density at radius 2 is 1.86 bits per heavy atom. The third-order valence-electron chi connectivity index (χ3n) is 3.70. The van der Waals surface area contributed by atoms with Crippen LogP contribution in [0.15, 0.2) is 12.1 Å². The molecule has 1 aliphatic rings. The van der Waals surface area contributed by atoms with Crippen LogP contribution in [0.4, 0.5) is 0 Å². The van der Waals surface area contributed by atoms with E-state index in [1.807, 2.05) is 6.92 Å². The molecule has 0 bridgehead atoms. The molecule has 1 saturated heterocycles. The average molecular weight is 332 g/mol. The summed E-state index contributed by atoms with van der Waals surface area (Å²) in [4.78, 5) is 0. The highest BCUT2D eigenvalue weighted by Gasteiger charge is 2.20. The molecule has 2 rings (SSSR count). The highest BCUT2D eigenvalue weighted by atomic mass is 35.5. The standard InChI is InChI=1S/C16H25NO2S.ClH/c1-11(17)7-12-9-16(19-3)13(10-15(12)18-2)8-14-5-4-6-20-14;/h9-11,14H,4-8,17H2,1-3H3;1H/t11?,14-;/m1./s1. The molecule has 2 N–H and O–H groups in total. The van der Waals surface area contributed by atoms with Crippen molar-refractivity contribution in [1.29, 1.82) is 0 Å². The van der Waals surface area contributed by atoms with Crippen LogP contribution in [0.2, 0.25) is 0 Å². The Bertz CT molecular complexity index is 448. The number of thioether (sulfide) groups is 1. The maximum atomic E-state index is 5.91. The van der Waals surface area contributed by atoms with E-state index in [1.165, 1.54) is 24.2 Å². The number of hydrogen-bond acceptors (Lipinski definition) is 4. The summed E-state index contributed by atoms with van der Waals surface area (Å²) in [6.45, 7) is 2.01. The summed E-state index contributed by atoms with van der Waals surface area (Å²) in [5, 5.41) is 0.716. The zero-order valence-corrected chi connectivity index (χ0v) is 14.7. The quantitative estimate of drug-likeness (QED) is 0.867. The van der Waals surface area contributed by atoms with Crippen LogP contribution in [0.25, 0.3) is 0 Å². The molecule has 120 valence electrons. The monoisotopic (exact) mass is 331 g/mol. The van der Waals surface area contributed by atoms with Crippen LogP contribution in [0.5, 0.6) is 11.5 Å². The van der Waals surface area contributed by atoms with Crippen molar-refractivity contribution in [3.63, 3.8) is 0 Å². The zero-order valence-electron chi connectivity index (χ0n) is 13.1. The molecule has 1 unspecified atom stereocenters. The number of hydrogen-bond donors (Lipinski definition) is 1. The van der Waals surface area contributed by atoms with Crippen LogP contribution < -0.4 is 15.2 Å². The molecular weight excluding hydrogens is 306 g/mol. The zero-order chi connectivity index (χ0) is 14.5. The number of rotatable bonds is 6. The Kier molecular flexibility index (Phi) is 7.71. The van der Waals surface area contributed by atoms with Gasteiger partial charge < -0.3 is 15.2 Å². The van der Waals surface area contributed by atoms with Gasteiger partial charge in [0.05, 0.1) is 14.2 Å². The Morgan fingerprint density at radius 3 is 2.38 bits per heavy atom. The third kappa shape index (κ3) is 4.97. The summed E-state index contributed by atoms with van der Waals surface area (Å²) in [5.74, 6) is 3.18. The van der Waals surface area contributed by atoms with Crippen molar-refractivity contribution in [2.75, 3.05) is 20.0 Å². The normalized spacial score (nSPS) is 19.0. The molecule has 21 heavy (non-hydrogen) atoms. The topological polar surface area (TPSA) is 44.5 Å². The molecule has 1 fully saturated rings. The Hall–Kier alpha value is -0.580. The van der Waals surface area contributed by atoms with Crippen molar-refractivity contribution in [2.45, 2.75) is 43.9 Å². The minimum absolute atomic E-state index is 0. The van der Waals surface area contributed by atoms with Gasteiger partial charge in [-0.3, -0.25) is 0 Å². The van der Waals surface area contributed by atoms with Crippen molar-refractivity contribution in [3.05, 3.63) is 23.3 Å². The van der Waals surface area contributed by atoms with Crippen LogP contribution in [0, 0.1) is 0 Å². The fourth-order valence-electron chi connectivity index (χ4n) is 2.74. The number of nitrogens with two attached hydrogens (primary N) is 1. The molecular formula is C16H26ClNO2S. The van der Waals surface area contributed by atoms with Crippen molar-refractivity contribution in [1.82, 2.24) is 0 Å². The van der Waals surface area contributed by atoms with E-state index in [0.717, 1.165) is 29.9 Å². The van der Waals surface area contributed by atoms with E-state index in [9.17, 15) is 0 Å². The minimum Gasteiger partial charge on any atom is -0.496 e. The largest absolute Gasteiger partial charge is 0.496 e. The smallest absolute Gasteiger partial charge is 0.122 e. The fraction of sp³-hybridized carbons (Fsp3) is 0.625. The maximum Gasteiger partial charge on any atom is 0.122 e. The van der Waals surface area contributed by atoms with Gasteiger partial charge in [0.2, 0.25) is 0 Å². The lowest BCUT2D eigenvalue weighted by Crippen LogP contribution is -2.18. The lowest BCUT2D eigenvalue weighted by molar-refractivity contribution is 0.393. The van der Waals surface area contributed by atoms with E-state index in [1.54, 1.807) is 14.2 Å². The minimum atomic E-state index is 0. The van der Waals surface area contributed by atoms with Crippen LogP contribution in [0.3, 0.4) is 0 Å². The molecule has 5 heteroatoms. The Balaban J connectivity index is 0.00000220. The summed E-state index contributed by atoms with van der Waals surface area (Å²) < 4.78 is 11.1. The van der Waals surface area contributed by atoms with Gasteiger partial charge >= 0.3 is 0 Å². The molecule has 1 aromatic carbocycles. The molecule has 2 atom stereocenters. The highest BCUT2D eigenvalue weighted by Crippen LogP contribution is 2.35. The molecule has 0 radical (unpaired) electrons. The van der Waals surface area contributed by atoms with E-state index in [0.29, 0.717) is 5.25 Å². The van der Waals surface area contributed by atoms with E-state index >= 15 is 0 Å². The van der Waals surface area contributed by atoms with E-state index in [2.05, 4.69) is 23.9 Å². The van der Waals surface area contributed by atoms with Gasteiger partial charge in [0.1, 0.15) is 11.5 Å². The average Bonchev–Trinajstić information content (AvgIpc) is 2.92. The maximum absolute atomic E-state index is 5.91. The highest BCUT2D eigenvalue weighted by molar-refractivity contribution is 8.00. The number of methoxy groups -OCH3 is 2. The second-order valence-electron chi connectivity index (χ2n) is 5.50. The molecule has 1 aromatic rings. The first kappa shape index (κ1) is 18.5. The molecule has 1 aliphatic heterocycles. The predicted molar refractivity (Wildman–Crippen MR) is 93.3 cm³/mol. The lowest BCUT2D eigenvalue weighted by atomic mass is 9.99. The van der Waals surface area contributed by atoms with Crippen LogP contribution in [0.1, 0.15) is 30.9 Å². The second kappa shape index (κ2) is 8.76. The third-order valence-corrected chi connectivity index (χ3v) is 5.10. The SMILES string of the molecule is COc1cc(C[C@H]2CCCS2)c(OC)cc1CC(C)N.Cl. The van der Waals surface area contributed by atoms with Crippen molar-refractivity contribution in [2.24, 2.45) is 5.73 Å². The molecule has 0 aliphatic carbocycles. The van der Waals surface area contributed by atoms with E-state index in [4.69, 9.17) is 15.2 Å². The van der Waals surface area contributed by atoms with Gasteiger partial charge in [0, 0.05) is 11.3 Å². The fourth-order valence-corrected chi connectivity index (χ4v) is 4.04. The first-order valence-corrected chi connectivity index (χ1v) is 8.30. The van der Waals surface area contributed by atoms with Crippen LogP contribution in [-0.2, 0) is 12.8 Å². The van der Waals surface area contributed by atoms with Gasteiger partial charge in [-0.15, -0.1) is 12.4 Å². The molecule has 0 spiro atoms. The van der Waals surface area contributed by atoms with E-state index in [-0.39, 0.29) is 18.4 Å². The summed E-state index contributed by atoms with van der Waals surface area (Å²) in [6, 6.07) is 4.34. The second-order valence-corrected chi connectivity index (χ2v) is 6.90. The summed E-state index contributed by atoms with van der Waals surface area (Å²) in [6.07, 6.45) is 4.50. The van der Waals surface area contributed by atoms with Gasteiger partial charge in [-0.1, -0.05) is 0 Å². The molecule has 1 heterocycles. The molecule has 0 saturated carbocycles. The van der Waals surface area contributed by atoms with Gasteiger partial charge in [-0.2, -0.15) is 11.8 Å².